The number of aldehydes is 1. The summed E-state index contributed by atoms with van der Waals surface area (Å²) in [6.07, 6.45) is -64.0. The summed E-state index contributed by atoms with van der Waals surface area (Å²) in [6, 6.07) is -3.76. The van der Waals surface area contributed by atoms with Crippen LogP contribution < -0.4 is 10.6 Å². The molecule has 0 aromatic heterocycles. The van der Waals surface area contributed by atoms with E-state index >= 15 is 0 Å². The fourth-order valence-electron chi connectivity index (χ4n) is 10.3. The Morgan fingerprint density at radius 1 is 0.434 bits per heavy atom. The number of ether oxygens (including phenoxy) is 12. The first-order chi connectivity index (χ1) is 39.2. The van der Waals surface area contributed by atoms with Crippen molar-refractivity contribution in [3.63, 3.8) is 0 Å². The van der Waals surface area contributed by atoms with Crippen LogP contribution in [-0.2, 0) is 71.2 Å². The van der Waals surface area contributed by atoms with Crippen LogP contribution in [0, 0.1) is 0 Å². The van der Waals surface area contributed by atoms with Crippen LogP contribution in [0.4, 0.5) is 0 Å². The first-order valence-corrected chi connectivity index (χ1v) is 26.3. The van der Waals surface area contributed by atoms with Gasteiger partial charge in [-0.1, -0.05) is 0 Å². The molecule has 0 unspecified atom stereocenters. The molecule has 0 radical (unpaired) electrons. The van der Waals surface area contributed by atoms with Gasteiger partial charge in [-0.15, -0.1) is 0 Å². The number of nitrogens with one attached hydrogen (secondary N) is 2. The Bertz CT molecular complexity index is 2030. The van der Waals surface area contributed by atoms with Gasteiger partial charge in [-0.25, -0.2) is 0 Å². The third-order valence-corrected chi connectivity index (χ3v) is 14.9. The van der Waals surface area contributed by atoms with Crippen LogP contribution in [0.3, 0.4) is 0 Å². The SMILES string of the molecule is CC(=O)N[C@H]1[C@H](O[C@H]2[C@@H](O)[C@@H](CO)O[C@@H](O[C@@H]([C@H](O)[C@@H](O)C=O)[C@H](O)CO)[C@@H]2O)O[C@H](CO)[C@@H](O[C@@H]2O[C@H](CO)[C@H](O)[C@H](O[C@@H]3O[C@H](CO)[C@@H](O[C@@H]4O[C@@H](C)[C@@H](O)[C@@H](O)[C@@H]4O)[C@H](O[C@@H]4O[C@H](CO)[C@H](O)[C@H](O)[C@H]4O)[C@H]3NC(C)=O)[C@H]2O)[C@@H]1O. The van der Waals surface area contributed by atoms with Crippen molar-refractivity contribution < 1.29 is 173 Å². The summed E-state index contributed by atoms with van der Waals surface area (Å²) in [7, 11) is 0. The van der Waals surface area contributed by atoms with E-state index in [0.717, 1.165) is 13.8 Å². The average Bonchev–Trinajstić information content (AvgIpc) is 3.49. The Hall–Kier alpha value is -2.67. The van der Waals surface area contributed by atoms with E-state index in [1.54, 1.807) is 0 Å². The van der Waals surface area contributed by atoms with Gasteiger partial charge in [0, 0.05) is 13.8 Å². The third-order valence-electron chi connectivity index (χ3n) is 14.9. The normalized spacial score (nSPS) is 46.7. The molecule has 6 aliphatic rings. The predicted octanol–water partition coefficient (Wildman–Crippen LogP) is -15.1. The average molecular weight is 1220 g/mol. The van der Waals surface area contributed by atoms with Crippen molar-refractivity contribution in [1.29, 1.82) is 0 Å². The zero-order valence-electron chi connectivity index (χ0n) is 44.5. The minimum absolute atomic E-state index is 0.146. The summed E-state index contributed by atoms with van der Waals surface area (Å²) in [4.78, 5) is 37.0. The van der Waals surface area contributed by atoms with Crippen molar-refractivity contribution in [2.45, 2.75) is 229 Å². The van der Waals surface area contributed by atoms with Crippen molar-refractivity contribution in [2.75, 3.05) is 39.6 Å². The molecule has 0 aromatic rings. The number of amides is 2. The van der Waals surface area contributed by atoms with Gasteiger partial charge in [-0.05, 0) is 6.92 Å². The lowest BCUT2D eigenvalue weighted by atomic mass is 9.93. The zero-order chi connectivity index (χ0) is 61.6. The molecule has 482 valence electrons. The Balaban J connectivity index is 1.29. The Morgan fingerprint density at radius 3 is 1.31 bits per heavy atom. The molecular formula is C46H78N2O35. The topological polar surface area (TPSA) is 591 Å². The van der Waals surface area contributed by atoms with E-state index in [9.17, 15) is 117 Å². The highest BCUT2D eigenvalue weighted by Crippen LogP contribution is 2.38. The number of carbonyl (C=O) groups excluding carboxylic acids is 3. The Labute approximate surface area is 470 Å². The van der Waals surface area contributed by atoms with E-state index in [1.807, 2.05) is 0 Å². The fraction of sp³-hybridized carbons (Fsp3) is 0.935. The van der Waals surface area contributed by atoms with Crippen LogP contribution in [0.5, 0.6) is 0 Å². The summed E-state index contributed by atoms with van der Waals surface area (Å²) >= 11 is 0. The standard InChI is InChI=1S/C46H78N2O35/c1-11-23(60)29(66)31(68)43(72-11)80-37-20(10-55)77-42(22(48-13(3)57)38(37)81-44-32(69)30(67)25(62)16(6-51)73-44)83-40-27(64)18(8-53)75-46(34(40)71)79-36-19(9-54)76-41(21(28(36)65)47-12(2)56)82-39-26(63)17(7-52)74-45(33(39)70)78-35(15(59)5-50)24(61)14(58)4-49/h4,11,14-46,50-55,58-71H,5-10H2,1-3H3,(H,47,56)(H,48,57)/t11-,14-,15+,16+,17+,18+,19+,20+,21+,22+,23+,24+,25-,26-,27-,28+,29+,30-,31-,32+,33+,34+,35+,36+,37+,38+,39-,40-,41-,42-,43-,44-,45-,46-/m0/s1. The van der Waals surface area contributed by atoms with E-state index < -0.39 is 260 Å². The minimum atomic E-state index is -2.33. The van der Waals surface area contributed by atoms with E-state index in [0.29, 0.717) is 0 Å². The molecule has 37 heteroatoms. The lowest BCUT2D eigenvalue weighted by molar-refractivity contribution is -0.392. The quantitative estimate of drug-likeness (QED) is 0.0399. The van der Waals surface area contributed by atoms with Crippen LogP contribution in [0.15, 0.2) is 0 Å². The predicted molar refractivity (Wildman–Crippen MR) is 255 cm³/mol. The smallest absolute Gasteiger partial charge is 0.217 e. The summed E-state index contributed by atoms with van der Waals surface area (Å²) in [5.41, 5.74) is 0. The first kappa shape index (κ1) is 69.4. The van der Waals surface area contributed by atoms with Crippen LogP contribution in [0.2, 0.25) is 0 Å². The number of hydrogen-bond acceptors (Lipinski definition) is 35. The Morgan fingerprint density at radius 2 is 0.819 bits per heavy atom. The van der Waals surface area contributed by atoms with Gasteiger partial charge in [0.1, 0.15) is 165 Å². The van der Waals surface area contributed by atoms with Crippen molar-refractivity contribution in [2.24, 2.45) is 0 Å². The van der Waals surface area contributed by atoms with Gasteiger partial charge >= 0.3 is 0 Å². The largest absolute Gasteiger partial charge is 0.394 e. The number of hydrogen-bond donors (Lipinski definition) is 22. The maximum atomic E-state index is 13.1. The molecule has 6 rings (SSSR count). The summed E-state index contributed by atoms with van der Waals surface area (Å²) in [5.74, 6) is -1.83. The number of carbonyl (C=O) groups is 3. The summed E-state index contributed by atoms with van der Waals surface area (Å²) in [6.45, 7) is -3.28. The Kier molecular flexibility index (Phi) is 25.5. The van der Waals surface area contributed by atoms with Gasteiger partial charge in [0.15, 0.2) is 44.0 Å². The van der Waals surface area contributed by atoms with Crippen molar-refractivity contribution in [3.8, 4) is 0 Å². The molecule has 6 heterocycles. The monoisotopic (exact) mass is 1220 g/mol. The molecule has 22 N–H and O–H groups in total. The van der Waals surface area contributed by atoms with E-state index in [2.05, 4.69) is 10.6 Å². The molecule has 37 nitrogen and oxygen atoms in total. The molecule has 0 spiro atoms. The molecule has 0 bridgehead atoms. The van der Waals surface area contributed by atoms with Gasteiger partial charge in [0.2, 0.25) is 11.8 Å². The fourth-order valence-corrected chi connectivity index (χ4v) is 10.3. The van der Waals surface area contributed by atoms with Crippen LogP contribution in [0.25, 0.3) is 0 Å². The maximum absolute atomic E-state index is 13.1. The second kappa shape index (κ2) is 30.5. The van der Waals surface area contributed by atoms with Gasteiger partial charge in [0.05, 0.1) is 45.7 Å². The maximum Gasteiger partial charge on any atom is 0.217 e. The number of aliphatic hydroxyl groups excluding tert-OH is 20. The van der Waals surface area contributed by atoms with Crippen LogP contribution in [0.1, 0.15) is 20.8 Å². The molecule has 83 heavy (non-hydrogen) atoms. The molecule has 0 aliphatic carbocycles. The highest BCUT2D eigenvalue weighted by atomic mass is 16.8. The minimum Gasteiger partial charge on any atom is -0.394 e. The second-order valence-electron chi connectivity index (χ2n) is 20.7. The van der Waals surface area contributed by atoms with Crippen molar-refractivity contribution in [3.05, 3.63) is 0 Å². The van der Waals surface area contributed by atoms with Gasteiger partial charge in [-0.3, -0.25) is 9.59 Å². The molecule has 0 aromatic carbocycles. The highest BCUT2D eigenvalue weighted by Gasteiger charge is 2.59. The lowest BCUT2D eigenvalue weighted by Gasteiger charge is -2.52. The van der Waals surface area contributed by atoms with E-state index in [4.69, 9.17) is 56.8 Å². The van der Waals surface area contributed by atoms with Crippen LogP contribution in [-0.4, -0.2) is 368 Å². The van der Waals surface area contributed by atoms with E-state index in [-0.39, 0.29) is 6.29 Å². The second-order valence-corrected chi connectivity index (χ2v) is 20.7. The van der Waals surface area contributed by atoms with Gasteiger partial charge < -0.3 is 174 Å². The summed E-state index contributed by atoms with van der Waals surface area (Å²) in [5, 5.41) is 220. The lowest BCUT2D eigenvalue weighted by Crippen LogP contribution is -2.71. The molecule has 6 fully saturated rings. The third kappa shape index (κ3) is 15.4. The molecular weight excluding hydrogens is 1140 g/mol. The molecule has 0 saturated carbocycles. The van der Waals surface area contributed by atoms with Gasteiger partial charge in [0.25, 0.3) is 0 Å². The number of aliphatic hydroxyl groups is 20. The zero-order valence-corrected chi connectivity index (χ0v) is 44.5. The number of rotatable bonds is 24. The van der Waals surface area contributed by atoms with Crippen LogP contribution >= 0.6 is 0 Å². The highest BCUT2D eigenvalue weighted by molar-refractivity contribution is 5.73. The van der Waals surface area contributed by atoms with Crippen molar-refractivity contribution in [1.82, 2.24) is 10.6 Å². The molecule has 2 amide bonds. The van der Waals surface area contributed by atoms with E-state index in [1.165, 1.54) is 6.92 Å². The van der Waals surface area contributed by atoms with Gasteiger partial charge in [-0.2, -0.15) is 0 Å². The summed E-state index contributed by atoms with van der Waals surface area (Å²) < 4.78 is 69.8. The molecule has 6 aliphatic heterocycles. The van der Waals surface area contributed by atoms with Crippen molar-refractivity contribution >= 4 is 18.1 Å². The molecule has 6 saturated heterocycles. The molecule has 34 atom stereocenters. The first-order valence-electron chi connectivity index (χ1n) is 26.3.